The summed E-state index contributed by atoms with van der Waals surface area (Å²) in [7, 11) is 0. The summed E-state index contributed by atoms with van der Waals surface area (Å²) in [5, 5.41) is 0.457. The number of aromatic nitrogens is 2. The maximum atomic E-state index is 14.6. The average Bonchev–Trinajstić information content (AvgIpc) is 2.71. The third-order valence-electron chi connectivity index (χ3n) is 4.04. The van der Waals surface area contributed by atoms with Crippen LogP contribution >= 0.6 is 0 Å². The number of halogens is 1. The Labute approximate surface area is 117 Å². The molecule has 0 aliphatic carbocycles. The molecule has 1 aliphatic rings. The van der Waals surface area contributed by atoms with Crippen molar-refractivity contribution in [3.63, 3.8) is 0 Å². The molecule has 0 saturated carbocycles. The Morgan fingerprint density at radius 3 is 2.80 bits per heavy atom. The number of rotatable bonds is 2. The lowest BCUT2D eigenvalue weighted by atomic mass is 10.1. The third-order valence-corrected chi connectivity index (χ3v) is 4.04. The lowest BCUT2D eigenvalue weighted by Crippen LogP contribution is -2.38. The standard InChI is InChI=1S/C15H18FN3O/c1-9(2)18-4-5-19-13(8-18)14(16)12-6-11(10(3)20)7-17-15(12)19/h6-7,9H,4-5,8H2,1-3H3. The second kappa shape index (κ2) is 4.66. The zero-order valence-electron chi connectivity index (χ0n) is 12.0. The fraction of sp³-hybridized carbons (Fsp3) is 0.467. The number of Topliss-reactive ketones (excluding diaryl/α,β-unsaturated/α-hetero) is 1. The fourth-order valence-electron chi connectivity index (χ4n) is 2.76. The molecule has 106 valence electrons. The summed E-state index contributed by atoms with van der Waals surface area (Å²) in [6.07, 6.45) is 1.53. The van der Waals surface area contributed by atoms with Crippen molar-refractivity contribution < 1.29 is 9.18 Å². The Morgan fingerprint density at radius 2 is 2.15 bits per heavy atom. The summed E-state index contributed by atoms with van der Waals surface area (Å²) in [6.45, 7) is 7.92. The zero-order chi connectivity index (χ0) is 14.4. The fourth-order valence-corrected chi connectivity index (χ4v) is 2.76. The molecule has 0 unspecified atom stereocenters. The number of ketones is 1. The molecule has 1 aliphatic heterocycles. The van der Waals surface area contributed by atoms with Crippen LogP contribution in [0, 0.1) is 5.82 Å². The van der Waals surface area contributed by atoms with Crippen molar-refractivity contribution in [3.8, 4) is 0 Å². The van der Waals surface area contributed by atoms with E-state index in [-0.39, 0.29) is 11.6 Å². The second-order valence-electron chi connectivity index (χ2n) is 5.63. The number of hydrogen-bond donors (Lipinski definition) is 0. The summed E-state index contributed by atoms with van der Waals surface area (Å²) in [5.74, 6) is -0.326. The monoisotopic (exact) mass is 275 g/mol. The number of hydrogen-bond acceptors (Lipinski definition) is 3. The molecule has 0 aromatic carbocycles. The molecule has 5 heteroatoms. The Balaban J connectivity index is 2.14. The summed E-state index contributed by atoms with van der Waals surface area (Å²) in [4.78, 5) is 17.9. The van der Waals surface area contributed by atoms with E-state index in [0.717, 1.165) is 13.1 Å². The Hall–Kier alpha value is -1.75. The molecule has 4 nitrogen and oxygen atoms in total. The van der Waals surface area contributed by atoms with E-state index in [1.54, 1.807) is 6.07 Å². The Morgan fingerprint density at radius 1 is 1.40 bits per heavy atom. The molecular formula is C15H18FN3O. The van der Waals surface area contributed by atoms with E-state index in [4.69, 9.17) is 0 Å². The quantitative estimate of drug-likeness (QED) is 0.791. The highest BCUT2D eigenvalue weighted by atomic mass is 19.1. The molecule has 0 spiro atoms. The molecule has 0 atom stereocenters. The highest BCUT2D eigenvalue weighted by molar-refractivity contribution is 5.97. The van der Waals surface area contributed by atoms with Gasteiger partial charge in [0.15, 0.2) is 11.6 Å². The van der Waals surface area contributed by atoms with E-state index >= 15 is 0 Å². The number of carbonyl (C=O) groups is 1. The van der Waals surface area contributed by atoms with Crippen LogP contribution in [-0.4, -0.2) is 32.8 Å². The van der Waals surface area contributed by atoms with E-state index in [1.165, 1.54) is 13.1 Å². The van der Waals surface area contributed by atoms with E-state index in [9.17, 15) is 9.18 Å². The van der Waals surface area contributed by atoms with Gasteiger partial charge in [-0.3, -0.25) is 9.69 Å². The Bertz CT molecular complexity index is 690. The predicted octanol–water partition coefficient (Wildman–Crippen LogP) is 2.60. The molecule has 2 aromatic heterocycles. The number of pyridine rings is 1. The van der Waals surface area contributed by atoms with Crippen molar-refractivity contribution >= 4 is 16.8 Å². The van der Waals surface area contributed by atoms with Crippen LogP contribution in [0.3, 0.4) is 0 Å². The minimum Gasteiger partial charge on any atom is -0.324 e. The van der Waals surface area contributed by atoms with Gasteiger partial charge < -0.3 is 4.57 Å². The highest BCUT2D eigenvalue weighted by Gasteiger charge is 2.26. The molecule has 0 radical (unpaired) electrons. The van der Waals surface area contributed by atoms with Crippen LogP contribution in [0.4, 0.5) is 4.39 Å². The van der Waals surface area contributed by atoms with Gasteiger partial charge in [0.05, 0.1) is 11.1 Å². The van der Waals surface area contributed by atoms with Gasteiger partial charge in [-0.2, -0.15) is 0 Å². The molecule has 0 fully saturated rings. The molecule has 0 amide bonds. The van der Waals surface area contributed by atoms with Crippen LogP contribution in [0.5, 0.6) is 0 Å². The van der Waals surface area contributed by atoms with Crippen molar-refractivity contribution in [1.82, 2.24) is 14.5 Å². The summed E-state index contributed by atoms with van der Waals surface area (Å²) < 4.78 is 16.5. The zero-order valence-corrected chi connectivity index (χ0v) is 12.0. The van der Waals surface area contributed by atoms with Crippen molar-refractivity contribution in [2.45, 2.75) is 39.9 Å². The van der Waals surface area contributed by atoms with Gasteiger partial charge in [0.25, 0.3) is 0 Å². The van der Waals surface area contributed by atoms with Gasteiger partial charge in [-0.05, 0) is 26.8 Å². The van der Waals surface area contributed by atoms with Gasteiger partial charge in [0.2, 0.25) is 0 Å². The van der Waals surface area contributed by atoms with Gasteiger partial charge in [-0.1, -0.05) is 0 Å². The van der Waals surface area contributed by atoms with Crippen LogP contribution in [0.25, 0.3) is 11.0 Å². The molecule has 3 heterocycles. The minimum atomic E-state index is -0.235. The predicted molar refractivity (Wildman–Crippen MR) is 75.2 cm³/mol. The number of carbonyl (C=O) groups excluding carboxylic acids is 1. The number of nitrogens with zero attached hydrogens (tertiary/aromatic N) is 3. The lowest BCUT2D eigenvalue weighted by molar-refractivity contribution is 0.101. The maximum Gasteiger partial charge on any atom is 0.161 e. The van der Waals surface area contributed by atoms with E-state index in [2.05, 4.69) is 23.7 Å². The van der Waals surface area contributed by atoms with Crippen LogP contribution < -0.4 is 0 Å². The van der Waals surface area contributed by atoms with Gasteiger partial charge in [0.1, 0.15) is 5.65 Å². The molecule has 2 aromatic rings. The van der Waals surface area contributed by atoms with Crippen molar-refractivity contribution in [2.75, 3.05) is 6.54 Å². The van der Waals surface area contributed by atoms with Gasteiger partial charge in [0, 0.05) is 37.4 Å². The Kier molecular flexibility index (Phi) is 3.09. The third kappa shape index (κ3) is 1.93. The van der Waals surface area contributed by atoms with Crippen molar-refractivity contribution in [3.05, 3.63) is 29.3 Å². The van der Waals surface area contributed by atoms with Crippen LogP contribution in [0.1, 0.15) is 36.8 Å². The first-order chi connectivity index (χ1) is 9.49. The number of fused-ring (bicyclic) bond motifs is 3. The van der Waals surface area contributed by atoms with E-state index < -0.39 is 0 Å². The topological polar surface area (TPSA) is 38.1 Å². The first kappa shape index (κ1) is 13.2. The van der Waals surface area contributed by atoms with Gasteiger partial charge >= 0.3 is 0 Å². The van der Waals surface area contributed by atoms with E-state index in [0.29, 0.717) is 34.9 Å². The molecule has 0 N–H and O–H groups in total. The average molecular weight is 275 g/mol. The summed E-state index contributed by atoms with van der Waals surface area (Å²) in [6, 6.07) is 2.01. The lowest BCUT2D eigenvalue weighted by Gasteiger charge is -2.31. The summed E-state index contributed by atoms with van der Waals surface area (Å²) >= 11 is 0. The molecule has 3 rings (SSSR count). The molecular weight excluding hydrogens is 257 g/mol. The first-order valence-electron chi connectivity index (χ1n) is 6.90. The molecule has 0 bridgehead atoms. The highest BCUT2D eigenvalue weighted by Crippen LogP contribution is 2.28. The second-order valence-corrected chi connectivity index (χ2v) is 5.63. The molecule has 20 heavy (non-hydrogen) atoms. The summed E-state index contributed by atoms with van der Waals surface area (Å²) in [5.41, 5.74) is 1.78. The van der Waals surface area contributed by atoms with Gasteiger partial charge in [-0.25, -0.2) is 9.37 Å². The smallest absolute Gasteiger partial charge is 0.161 e. The minimum absolute atomic E-state index is 0.0909. The normalized spacial score (nSPS) is 15.8. The van der Waals surface area contributed by atoms with Crippen LogP contribution in [-0.2, 0) is 13.1 Å². The van der Waals surface area contributed by atoms with Crippen LogP contribution in [0.2, 0.25) is 0 Å². The van der Waals surface area contributed by atoms with Gasteiger partial charge in [-0.15, -0.1) is 0 Å². The maximum absolute atomic E-state index is 14.6. The first-order valence-corrected chi connectivity index (χ1v) is 6.90. The van der Waals surface area contributed by atoms with E-state index in [1.807, 2.05) is 4.57 Å². The van der Waals surface area contributed by atoms with Crippen molar-refractivity contribution in [1.29, 1.82) is 0 Å². The SMILES string of the molecule is CC(=O)c1cnc2c(c1)c(F)c1n2CCN(C(C)C)C1. The largest absolute Gasteiger partial charge is 0.324 e. The molecule has 0 saturated heterocycles. The van der Waals surface area contributed by atoms with Crippen LogP contribution in [0.15, 0.2) is 12.3 Å². The van der Waals surface area contributed by atoms with Crippen molar-refractivity contribution in [2.24, 2.45) is 0 Å².